The van der Waals surface area contributed by atoms with Crippen molar-refractivity contribution in [2.24, 2.45) is 0 Å². The molecule has 0 aliphatic carbocycles. The molecule has 2 heterocycles. The fraction of sp³-hybridized carbons (Fsp3) is 0.318. The summed E-state index contributed by atoms with van der Waals surface area (Å²) in [6, 6.07) is 13.1. The molecule has 150 valence electrons. The van der Waals surface area contributed by atoms with E-state index in [9.17, 15) is 4.79 Å². The fourth-order valence-corrected chi connectivity index (χ4v) is 4.00. The van der Waals surface area contributed by atoms with Crippen molar-refractivity contribution in [1.29, 1.82) is 0 Å². The van der Waals surface area contributed by atoms with Crippen molar-refractivity contribution in [1.82, 2.24) is 15.0 Å². The quantitative estimate of drug-likeness (QED) is 0.613. The van der Waals surface area contributed by atoms with Crippen molar-refractivity contribution < 1.29 is 14.1 Å². The molecule has 29 heavy (non-hydrogen) atoms. The number of aromatic nitrogens is 2. The molecule has 2 aromatic carbocycles. The highest BCUT2D eigenvalue weighted by atomic mass is 35.5. The fourth-order valence-electron chi connectivity index (χ4n) is 3.72. The molecule has 1 amide bonds. The topological polar surface area (TPSA) is 68.5 Å². The SMILES string of the molecule is COc1ccc(CC(=O)N2CCCC2c2nc(-c3ccccc3C)no2)cc1Cl. The van der Waals surface area contributed by atoms with Crippen LogP contribution < -0.4 is 4.74 Å². The van der Waals surface area contributed by atoms with Crippen LogP contribution in [-0.4, -0.2) is 34.6 Å². The van der Waals surface area contributed by atoms with Gasteiger partial charge in [-0.3, -0.25) is 4.79 Å². The van der Waals surface area contributed by atoms with Gasteiger partial charge in [-0.2, -0.15) is 4.98 Å². The monoisotopic (exact) mass is 411 g/mol. The Morgan fingerprint density at radius 2 is 2.14 bits per heavy atom. The number of hydrogen-bond acceptors (Lipinski definition) is 5. The molecule has 1 atom stereocenters. The first kappa shape index (κ1) is 19.5. The number of hydrogen-bond donors (Lipinski definition) is 0. The van der Waals surface area contributed by atoms with Crippen molar-refractivity contribution in [3.63, 3.8) is 0 Å². The molecular weight excluding hydrogens is 390 g/mol. The molecule has 1 aliphatic heterocycles. The molecule has 1 fully saturated rings. The lowest BCUT2D eigenvalue weighted by molar-refractivity contribution is -0.131. The Kier molecular flexibility index (Phi) is 5.53. The van der Waals surface area contributed by atoms with Crippen LogP contribution in [-0.2, 0) is 11.2 Å². The minimum Gasteiger partial charge on any atom is -0.495 e. The second-order valence-electron chi connectivity index (χ2n) is 7.16. The molecule has 0 saturated carbocycles. The van der Waals surface area contributed by atoms with Gasteiger partial charge in [0, 0.05) is 12.1 Å². The Bertz CT molecular complexity index is 1030. The van der Waals surface area contributed by atoms with E-state index in [4.69, 9.17) is 20.9 Å². The summed E-state index contributed by atoms with van der Waals surface area (Å²) in [6.07, 6.45) is 1.98. The van der Waals surface area contributed by atoms with E-state index in [1.54, 1.807) is 19.2 Å². The smallest absolute Gasteiger partial charge is 0.249 e. The number of halogens is 1. The normalized spacial score (nSPS) is 16.2. The lowest BCUT2D eigenvalue weighted by atomic mass is 10.1. The van der Waals surface area contributed by atoms with Crippen molar-refractivity contribution >= 4 is 17.5 Å². The summed E-state index contributed by atoms with van der Waals surface area (Å²) in [5, 5.41) is 4.64. The van der Waals surface area contributed by atoms with Gasteiger partial charge in [0.1, 0.15) is 11.8 Å². The number of carbonyl (C=O) groups excluding carboxylic acids is 1. The minimum absolute atomic E-state index is 0.0179. The molecule has 0 radical (unpaired) electrons. The molecule has 1 aromatic heterocycles. The number of aryl methyl sites for hydroxylation is 1. The van der Waals surface area contributed by atoms with Crippen molar-refractivity contribution in [2.75, 3.05) is 13.7 Å². The standard InChI is InChI=1S/C22H22ClN3O3/c1-14-6-3-4-7-16(14)21-24-22(29-25-21)18-8-5-11-26(18)20(27)13-15-9-10-19(28-2)17(23)12-15/h3-4,6-7,9-10,12,18H,5,8,11,13H2,1-2H3. The predicted molar refractivity (Wildman–Crippen MR) is 110 cm³/mol. The first-order valence-electron chi connectivity index (χ1n) is 9.58. The van der Waals surface area contributed by atoms with Crippen molar-refractivity contribution in [2.45, 2.75) is 32.2 Å². The lowest BCUT2D eigenvalue weighted by Crippen LogP contribution is -2.32. The average molecular weight is 412 g/mol. The third-order valence-corrected chi connectivity index (χ3v) is 5.55. The van der Waals surface area contributed by atoms with Crippen LogP contribution in [0.4, 0.5) is 0 Å². The predicted octanol–water partition coefficient (Wildman–Crippen LogP) is 4.61. The van der Waals surface area contributed by atoms with Crippen LogP contribution >= 0.6 is 11.6 Å². The number of nitrogens with zero attached hydrogens (tertiary/aromatic N) is 3. The van der Waals surface area contributed by atoms with Gasteiger partial charge in [0.2, 0.25) is 17.6 Å². The summed E-state index contributed by atoms with van der Waals surface area (Å²) < 4.78 is 10.7. The number of benzene rings is 2. The number of carbonyl (C=O) groups is 1. The van der Waals surface area contributed by atoms with Gasteiger partial charge in [-0.05, 0) is 43.0 Å². The molecule has 1 unspecified atom stereocenters. The molecule has 3 aromatic rings. The number of rotatable bonds is 5. The second kappa shape index (κ2) is 8.25. The van der Waals surface area contributed by atoms with E-state index in [1.165, 1.54) is 0 Å². The molecule has 6 nitrogen and oxygen atoms in total. The highest BCUT2D eigenvalue weighted by molar-refractivity contribution is 6.32. The van der Waals surface area contributed by atoms with Crippen LogP contribution in [0, 0.1) is 6.92 Å². The molecule has 1 aliphatic rings. The number of amides is 1. The van der Waals surface area contributed by atoms with Crippen LogP contribution in [0.1, 0.15) is 35.9 Å². The molecule has 1 saturated heterocycles. The van der Waals surface area contributed by atoms with Crippen LogP contribution in [0.25, 0.3) is 11.4 Å². The van der Waals surface area contributed by atoms with Gasteiger partial charge < -0.3 is 14.2 Å². The number of likely N-dealkylation sites (tertiary alicyclic amines) is 1. The maximum atomic E-state index is 13.0. The maximum Gasteiger partial charge on any atom is 0.249 e. The van der Waals surface area contributed by atoms with Gasteiger partial charge in [-0.15, -0.1) is 0 Å². The number of methoxy groups -OCH3 is 1. The Hall–Kier alpha value is -2.86. The van der Waals surface area contributed by atoms with E-state index in [1.807, 2.05) is 42.2 Å². The van der Waals surface area contributed by atoms with Gasteiger partial charge in [0.25, 0.3) is 0 Å². The third-order valence-electron chi connectivity index (χ3n) is 5.26. The maximum absolute atomic E-state index is 13.0. The Morgan fingerprint density at radius 1 is 1.31 bits per heavy atom. The molecule has 0 bridgehead atoms. The van der Waals surface area contributed by atoms with E-state index in [0.29, 0.717) is 29.0 Å². The average Bonchev–Trinajstić information content (AvgIpc) is 3.38. The van der Waals surface area contributed by atoms with E-state index in [2.05, 4.69) is 10.1 Å². The third kappa shape index (κ3) is 3.98. The van der Waals surface area contributed by atoms with Crippen molar-refractivity contribution in [3.8, 4) is 17.1 Å². The zero-order chi connectivity index (χ0) is 20.4. The lowest BCUT2D eigenvalue weighted by Gasteiger charge is -2.22. The van der Waals surface area contributed by atoms with Gasteiger partial charge in [0.15, 0.2) is 0 Å². The van der Waals surface area contributed by atoms with Gasteiger partial charge in [-0.1, -0.05) is 47.1 Å². The minimum atomic E-state index is -0.193. The second-order valence-corrected chi connectivity index (χ2v) is 7.57. The van der Waals surface area contributed by atoms with Gasteiger partial charge in [0.05, 0.1) is 18.6 Å². The molecular formula is C22H22ClN3O3. The molecule has 7 heteroatoms. The van der Waals surface area contributed by atoms with Crippen LogP contribution in [0.3, 0.4) is 0 Å². The van der Waals surface area contributed by atoms with Gasteiger partial charge >= 0.3 is 0 Å². The Balaban J connectivity index is 1.51. The van der Waals surface area contributed by atoms with E-state index in [0.717, 1.165) is 29.5 Å². The van der Waals surface area contributed by atoms with Crippen LogP contribution in [0.2, 0.25) is 5.02 Å². The summed E-state index contributed by atoms with van der Waals surface area (Å²) in [7, 11) is 1.57. The van der Waals surface area contributed by atoms with E-state index < -0.39 is 0 Å². The highest BCUT2D eigenvalue weighted by Gasteiger charge is 2.34. The number of ether oxygens (including phenoxy) is 1. The van der Waals surface area contributed by atoms with Crippen LogP contribution in [0.5, 0.6) is 5.75 Å². The largest absolute Gasteiger partial charge is 0.495 e. The highest BCUT2D eigenvalue weighted by Crippen LogP contribution is 2.33. The summed E-state index contributed by atoms with van der Waals surface area (Å²) in [5.41, 5.74) is 2.86. The zero-order valence-electron chi connectivity index (χ0n) is 16.4. The first-order valence-corrected chi connectivity index (χ1v) is 9.96. The Morgan fingerprint density at radius 3 is 2.90 bits per heavy atom. The summed E-state index contributed by atoms with van der Waals surface area (Å²) in [6.45, 7) is 2.69. The Labute approximate surface area is 174 Å². The molecule has 0 N–H and O–H groups in total. The summed E-state index contributed by atoms with van der Waals surface area (Å²) in [4.78, 5) is 19.4. The molecule has 4 rings (SSSR count). The van der Waals surface area contributed by atoms with Gasteiger partial charge in [-0.25, -0.2) is 0 Å². The first-order chi connectivity index (χ1) is 14.1. The molecule has 0 spiro atoms. The van der Waals surface area contributed by atoms with Crippen molar-refractivity contribution in [3.05, 3.63) is 64.5 Å². The summed E-state index contributed by atoms with van der Waals surface area (Å²) in [5.74, 6) is 1.65. The van der Waals surface area contributed by atoms with E-state index in [-0.39, 0.29) is 18.4 Å². The van der Waals surface area contributed by atoms with E-state index >= 15 is 0 Å². The summed E-state index contributed by atoms with van der Waals surface area (Å²) >= 11 is 6.19. The zero-order valence-corrected chi connectivity index (χ0v) is 17.1. The van der Waals surface area contributed by atoms with Crippen LogP contribution in [0.15, 0.2) is 47.0 Å².